The number of hydrogen-bond donors (Lipinski definition) is 1. The summed E-state index contributed by atoms with van der Waals surface area (Å²) in [5, 5.41) is 0. The number of carbonyl (C=O) groups is 1. The Hall–Kier alpha value is -3.00. The number of hydrogen-bond acceptors (Lipinski definition) is 6. The van der Waals surface area contributed by atoms with E-state index in [-0.39, 0.29) is 18.0 Å². The maximum absolute atomic E-state index is 14.3. The van der Waals surface area contributed by atoms with Gasteiger partial charge in [0.25, 0.3) is 5.91 Å². The van der Waals surface area contributed by atoms with Crippen LogP contribution in [0.2, 0.25) is 0 Å². The van der Waals surface area contributed by atoms with E-state index in [1.807, 2.05) is 0 Å². The van der Waals surface area contributed by atoms with E-state index >= 15 is 0 Å². The molecule has 8 heteroatoms. The molecular formula is C20H19FN4O3. The summed E-state index contributed by atoms with van der Waals surface area (Å²) in [6.07, 6.45) is 2.11. The molecule has 0 bridgehead atoms. The van der Waals surface area contributed by atoms with Crippen molar-refractivity contribution in [1.29, 1.82) is 0 Å². The first kappa shape index (κ1) is 17.1. The number of nitrogens with zero attached hydrogens (tertiary/aromatic N) is 3. The highest BCUT2D eigenvalue weighted by molar-refractivity contribution is 6.08. The van der Waals surface area contributed by atoms with Crippen LogP contribution in [-0.4, -0.2) is 47.6 Å². The number of amides is 1. The lowest BCUT2D eigenvalue weighted by Gasteiger charge is -2.45. The number of rotatable bonds is 1. The second kappa shape index (κ2) is 6.00. The van der Waals surface area contributed by atoms with Gasteiger partial charge in [-0.1, -0.05) is 6.07 Å². The average Bonchev–Trinajstić information content (AvgIpc) is 2.93. The number of carbonyl (C=O) groups excluding carboxylic acids is 1. The van der Waals surface area contributed by atoms with E-state index < -0.39 is 17.6 Å². The van der Waals surface area contributed by atoms with Gasteiger partial charge >= 0.3 is 0 Å². The quantitative estimate of drug-likeness (QED) is 0.760. The summed E-state index contributed by atoms with van der Waals surface area (Å²) in [6.45, 7) is 0.519. The summed E-state index contributed by atoms with van der Waals surface area (Å²) < 4.78 is 26.4. The molecule has 0 unspecified atom stereocenters. The third-order valence-corrected chi connectivity index (χ3v) is 5.68. The number of fused-ring (bicyclic) bond motifs is 4. The molecule has 144 valence electrons. The Morgan fingerprint density at radius 3 is 2.96 bits per heavy atom. The smallest absolute Gasteiger partial charge is 0.264 e. The molecule has 1 aromatic carbocycles. The molecule has 28 heavy (non-hydrogen) atoms. The summed E-state index contributed by atoms with van der Waals surface area (Å²) in [4.78, 5) is 23.0. The van der Waals surface area contributed by atoms with Crippen molar-refractivity contribution in [2.45, 2.75) is 30.6 Å². The van der Waals surface area contributed by atoms with Crippen molar-refractivity contribution in [1.82, 2.24) is 9.88 Å². The van der Waals surface area contributed by atoms with Crippen molar-refractivity contribution in [3.63, 3.8) is 0 Å². The number of nitrogens with two attached hydrogens (primary N) is 1. The largest absolute Gasteiger partial charge is 0.487 e. The molecule has 2 aromatic rings. The van der Waals surface area contributed by atoms with Gasteiger partial charge in [-0.05, 0) is 42.7 Å². The first-order valence-corrected chi connectivity index (χ1v) is 9.19. The highest BCUT2D eigenvalue weighted by atomic mass is 19.1. The lowest BCUT2D eigenvalue weighted by molar-refractivity contribution is -0.151. The predicted octanol–water partition coefficient (Wildman–Crippen LogP) is 1.81. The van der Waals surface area contributed by atoms with Gasteiger partial charge in [0.1, 0.15) is 18.0 Å². The van der Waals surface area contributed by atoms with Crippen molar-refractivity contribution in [2.75, 3.05) is 13.7 Å². The van der Waals surface area contributed by atoms with Crippen LogP contribution in [0.3, 0.4) is 0 Å². The summed E-state index contributed by atoms with van der Waals surface area (Å²) in [5.74, 6) is -0.183. The SMILES string of the molecule is CN1C(=O)[C@@]2(N=C1N)c1cc(-c3cccnc3F)ccc1O[C@H]1CCCO[C@H]12. The molecule has 2 N–H and O–H groups in total. The second-order valence-corrected chi connectivity index (χ2v) is 7.24. The number of likely N-dealkylation sites (N-methyl/N-ethyl adjacent to an activating group) is 1. The van der Waals surface area contributed by atoms with Crippen LogP contribution in [0.25, 0.3) is 11.1 Å². The van der Waals surface area contributed by atoms with Gasteiger partial charge < -0.3 is 15.2 Å². The summed E-state index contributed by atoms with van der Waals surface area (Å²) in [6, 6.07) is 8.54. The molecule has 5 rings (SSSR count). The Kier molecular flexibility index (Phi) is 3.67. The predicted molar refractivity (Wildman–Crippen MR) is 99.1 cm³/mol. The van der Waals surface area contributed by atoms with Crippen LogP contribution in [0.4, 0.5) is 4.39 Å². The van der Waals surface area contributed by atoms with Crippen LogP contribution in [0.1, 0.15) is 18.4 Å². The average molecular weight is 382 g/mol. The van der Waals surface area contributed by atoms with Crippen LogP contribution in [0.15, 0.2) is 41.5 Å². The van der Waals surface area contributed by atoms with Gasteiger partial charge in [-0.3, -0.25) is 9.69 Å². The zero-order valence-corrected chi connectivity index (χ0v) is 15.3. The number of aliphatic imine (C=N–C) groups is 1. The minimum Gasteiger partial charge on any atom is -0.487 e. The number of halogens is 1. The van der Waals surface area contributed by atoms with Crippen molar-refractivity contribution in [2.24, 2.45) is 10.7 Å². The summed E-state index contributed by atoms with van der Waals surface area (Å²) in [5.41, 5.74) is 6.14. The Bertz CT molecular complexity index is 1010. The van der Waals surface area contributed by atoms with E-state index in [0.717, 1.165) is 12.8 Å². The Labute approximate surface area is 161 Å². The molecule has 3 atom stereocenters. The molecule has 1 fully saturated rings. The van der Waals surface area contributed by atoms with Crippen LogP contribution in [-0.2, 0) is 15.1 Å². The van der Waals surface area contributed by atoms with Crippen molar-refractivity contribution < 1.29 is 18.7 Å². The minimum atomic E-state index is -1.33. The van der Waals surface area contributed by atoms with E-state index in [2.05, 4.69) is 9.98 Å². The van der Waals surface area contributed by atoms with Crippen LogP contribution in [0.5, 0.6) is 5.75 Å². The fourth-order valence-corrected chi connectivity index (χ4v) is 4.30. The first-order valence-electron chi connectivity index (χ1n) is 9.19. The zero-order valence-electron chi connectivity index (χ0n) is 15.3. The highest BCUT2D eigenvalue weighted by Crippen LogP contribution is 2.49. The van der Waals surface area contributed by atoms with Crippen LogP contribution in [0, 0.1) is 5.95 Å². The fourth-order valence-electron chi connectivity index (χ4n) is 4.30. The number of aromatic nitrogens is 1. The minimum absolute atomic E-state index is 0.128. The molecule has 4 heterocycles. The number of ether oxygens (including phenoxy) is 2. The number of benzene rings is 1. The number of guanidine groups is 1. The lowest BCUT2D eigenvalue weighted by atomic mass is 9.76. The Morgan fingerprint density at radius 1 is 1.36 bits per heavy atom. The third kappa shape index (κ3) is 2.21. The molecule has 0 radical (unpaired) electrons. The van der Waals surface area contributed by atoms with Crippen molar-refractivity contribution >= 4 is 11.9 Å². The van der Waals surface area contributed by atoms with Gasteiger partial charge in [-0.25, -0.2) is 9.98 Å². The van der Waals surface area contributed by atoms with E-state index in [9.17, 15) is 9.18 Å². The molecule has 3 aliphatic heterocycles. The van der Waals surface area contributed by atoms with Crippen LogP contribution < -0.4 is 10.5 Å². The Morgan fingerprint density at radius 2 is 2.21 bits per heavy atom. The molecule has 0 aliphatic carbocycles. The normalized spacial score (nSPS) is 28.6. The van der Waals surface area contributed by atoms with Crippen LogP contribution >= 0.6 is 0 Å². The molecule has 3 aliphatic rings. The fraction of sp³-hybridized carbons (Fsp3) is 0.350. The maximum atomic E-state index is 14.3. The van der Waals surface area contributed by atoms with Gasteiger partial charge in [-0.2, -0.15) is 4.39 Å². The van der Waals surface area contributed by atoms with Crippen molar-refractivity contribution in [3.8, 4) is 16.9 Å². The monoisotopic (exact) mass is 382 g/mol. The Balaban J connectivity index is 1.74. The number of pyridine rings is 1. The van der Waals surface area contributed by atoms with Crippen molar-refractivity contribution in [3.05, 3.63) is 48.0 Å². The maximum Gasteiger partial charge on any atom is 0.264 e. The standard InChI is InChI=1S/C20H19FN4O3/c1-25-18(26)20(24-19(25)22)13-10-11(12-4-2-8-23-17(12)21)6-7-14(13)28-15-5-3-9-27-16(15)20/h2,4,6-8,10,15-16H,3,5,9H2,1H3,(H2,22,24)/t15-,16+,20+/m0/s1. The van der Waals surface area contributed by atoms with Gasteiger partial charge in [0.05, 0.1) is 0 Å². The van der Waals surface area contributed by atoms with E-state index in [4.69, 9.17) is 15.2 Å². The highest BCUT2D eigenvalue weighted by Gasteiger charge is 2.61. The van der Waals surface area contributed by atoms with Gasteiger partial charge in [-0.15, -0.1) is 0 Å². The summed E-state index contributed by atoms with van der Waals surface area (Å²) >= 11 is 0. The van der Waals surface area contributed by atoms with Gasteiger partial charge in [0.15, 0.2) is 5.96 Å². The van der Waals surface area contributed by atoms with Gasteiger partial charge in [0, 0.05) is 31.0 Å². The molecule has 0 saturated carbocycles. The van der Waals surface area contributed by atoms with E-state index in [0.29, 0.717) is 29.0 Å². The van der Waals surface area contributed by atoms with E-state index in [1.165, 1.54) is 11.1 Å². The third-order valence-electron chi connectivity index (χ3n) is 5.68. The molecule has 1 amide bonds. The topological polar surface area (TPSA) is 90.0 Å². The molecule has 7 nitrogen and oxygen atoms in total. The molecular weight excluding hydrogens is 363 g/mol. The molecule has 1 spiro atoms. The second-order valence-electron chi connectivity index (χ2n) is 7.24. The zero-order chi connectivity index (χ0) is 19.5. The molecule has 1 saturated heterocycles. The molecule has 1 aromatic heterocycles. The first-order chi connectivity index (χ1) is 13.5. The van der Waals surface area contributed by atoms with E-state index in [1.54, 1.807) is 37.4 Å². The van der Waals surface area contributed by atoms with Gasteiger partial charge in [0.2, 0.25) is 11.5 Å². The lowest BCUT2D eigenvalue weighted by Crippen LogP contribution is -2.58. The summed E-state index contributed by atoms with van der Waals surface area (Å²) in [7, 11) is 1.59.